The van der Waals surface area contributed by atoms with E-state index in [1.165, 1.54) is 25.7 Å². The smallest absolute Gasteiger partial charge is 0.510 e. The Morgan fingerprint density at radius 1 is 1.15 bits per heavy atom. The van der Waals surface area contributed by atoms with Crippen LogP contribution in [0.4, 0.5) is 0 Å². The predicted octanol–water partition coefficient (Wildman–Crippen LogP) is 1.72. The summed E-state index contributed by atoms with van der Waals surface area (Å²) in [5.41, 5.74) is 0. The molecule has 3 nitrogen and oxygen atoms in total. The molecule has 0 atom stereocenters. The molecule has 1 aliphatic carbocycles. The third kappa shape index (κ3) is 3.93. The predicted molar refractivity (Wildman–Crippen MR) is 53.4 cm³/mol. The lowest BCUT2D eigenvalue weighted by Gasteiger charge is -2.09. The van der Waals surface area contributed by atoms with E-state index in [1.54, 1.807) is 20.5 Å². The average molecular weight is 202 g/mol. The van der Waals surface area contributed by atoms with Crippen LogP contribution in [0.15, 0.2) is 12.3 Å². The minimum atomic E-state index is -1.84. The van der Waals surface area contributed by atoms with E-state index in [-0.39, 0.29) is 0 Å². The molecule has 0 aromatic heterocycles. The Labute approximate surface area is 81.7 Å². The van der Waals surface area contributed by atoms with Crippen molar-refractivity contribution < 1.29 is 13.3 Å². The van der Waals surface area contributed by atoms with Gasteiger partial charge in [-0.3, -0.25) is 0 Å². The molecule has 0 N–H and O–H groups in total. The van der Waals surface area contributed by atoms with Crippen molar-refractivity contribution in [2.45, 2.75) is 25.7 Å². The molecule has 0 aromatic rings. The van der Waals surface area contributed by atoms with Gasteiger partial charge in [-0.2, -0.15) is 0 Å². The second-order valence-electron chi connectivity index (χ2n) is 3.27. The lowest BCUT2D eigenvalue weighted by atomic mass is 10.1. The van der Waals surface area contributed by atoms with Crippen LogP contribution in [0.25, 0.3) is 0 Å². The van der Waals surface area contributed by atoms with Crippen LogP contribution < -0.4 is 0 Å². The van der Waals surface area contributed by atoms with Crippen LogP contribution >= 0.6 is 0 Å². The van der Waals surface area contributed by atoms with Gasteiger partial charge in [0.1, 0.15) is 0 Å². The largest absolute Gasteiger partial charge is 0.548 e. The molecule has 1 aliphatic rings. The van der Waals surface area contributed by atoms with Crippen molar-refractivity contribution in [2.24, 2.45) is 5.92 Å². The van der Waals surface area contributed by atoms with Crippen molar-refractivity contribution in [3.63, 3.8) is 0 Å². The Bertz CT molecular complexity index is 151. The Morgan fingerprint density at radius 2 is 1.77 bits per heavy atom. The summed E-state index contributed by atoms with van der Waals surface area (Å²) in [5, 5.41) is 0. The summed E-state index contributed by atoms with van der Waals surface area (Å²) in [6, 6.07) is 0. The first-order valence-corrected chi connectivity index (χ1v) is 6.16. The lowest BCUT2D eigenvalue weighted by Crippen LogP contribution is -2.21. The van der Waals surface area contributed by atoms with E-state index in [1.807, 2.05) is 0 Å². The molecule has 1 fully saturated rings. The fourth-order valence-electron chi connectivity index (χ4n) is 1.58. The fourth-order valence-corrected chi connectivity index (χ4v) is 2.21. The van der Waals surface area contributed by atoms with Crippen LogP contribution in [-0.4, -0.2) is 23.7 Å². The molecule has 0 spiro atoms. The molecule has 0 amide bonds. The van der Waals surface area contributed by atoms with Crippen molar-refractivity contribution in [2.75, 3.05) is 14.2 Å². The van der Waals surface area contributed by atoms with E-state index in [4.69, 9.17) is 13.3 Å². The molecular formula is C9H18O3Si. The molecule has 0 radical (unpaired) electrons. The van der Waals surface area contributed by atoms with Crippen LogP contribution in [0.5, 0.6) is 0 Å². The second kappa shape index (κ2) is 6.18. The summed E-state index contributed by atoms with van der Waals surface area (Å²) < 4.78 is 15.3. The van der Waals surface area contributed by atoms with E-state index in [2.05, 4.69) is 6.08 Å². The summed E-state index contributed by atoms with van der Waals surface area (Å²) in [7, 11) is 1.39. The van der Waals surface area contributed by atoms with Gasteiger partial charge in [0.05, 0.1) is 6.26 Å². The SMILES string of the molecule is CO[SiH](OC)OC=CC1CCCC1. The summed E-state index contributed by atoms with van der Waals surface area (Å²) in [4.78, 5) is 0. The van der Waals surface area contributed by atoms with Gasteiger partial charge in [0, 0.05) is 14.2 Å². The summed E-state index contributed by atoms with van der Waals surface area (Å²) in [5.74, 6) is 0.711. The summed E-state index contributed by atoms with van der Waals surface area (Å²) in [6.45, 7) is 0. The van der Waals surface area contributed by atoms with Crippen molar-refractivity contribution in [1.29, 1.82) is 0 Å². The zero-order chi connectivity index (χ0) is 9.52. The van der Waals surface area contributed by atoms with E-state index in [0.717, 1.165) is 0 Å². The van der Waals surface area contributed by atoms with Crippen LogP contribution in [-0.2, 0) is 13.3 Å². The maximum atomic E-state index is 5.32. The Balaban J connectivity index is 2.15. The van der Waals surface area contributed by atoms with Gasteiger partial charge in [-0.15, -0.1) is 0 Å². The molecule has 0 heterocycles. The summed E-state index contributed by atoms with van der Waals surface area (Å²) >= 11 is 0. The minimum Gasteiger partial charge on any atom is -0.510 e. The molecule has 4 heteroatoms. The normalized spacial score (nSPS) is 19.0. The first-order chi connectivity index (χ1) is 6.36. The van der Waals surface area contributed by atoms with Gasteiger partial charge in [-0.1, -0.05) is 12.8 Å². The van der Waals surface area contributed by atoms with E-state index >= 15 is 0 Å². The Kier molecular flexibility index (Phi) is 5.11. The monoisotopic (exact) mass is 202 g/mol. The van der Waals surface area contributed by atoms with Crippen molar-refractivity contribution >= 4 is 9.53 Å². The number of hydrogen-bond donors (Lipinski definition) is 0. The number of allylic oxidation sites excluding steroid dienone is 1. The maximum Gasteiger partial charge on any atom is 0.548 e. The zero-order valence-electron chi connectivity index (χ0n) is 8.36. The van der Waals surface area contributed by atoms with Crippen LogP contribution in [0.1, 0.15) is 25.7 Å². The zero-order valence-corrected chi connectivity index (χ0v) is 9.52. The van der Waals surface area contributed by atoms with Gasteiger partial charge >= 0.3 is 9.53 Å². The molecule has 1 rings (SSSR count). The highest BCUT2D eigenvalue weighted by Crippen LogP contribution is 2.25. The molecule has 0 bridgehead atoms. The molecule has 0 aromatic carbocycles. The van der Waals surface area contributed by atoms with Gasteiger partial charge < -0.3 is 13.3 Å². The van der Waals surface area contributed by atoms with Crippen molar-refractivity contribution in [3.8, 4) is 0 Å². The molecule has 0 saturated heterocycles. The standard InChI is InChI=1S/C9H18O3Si/c1-10-13(11-2)12-8-7-9-5-3-4-6-9/h7-9,13H,3-6H2,1-2H3. The highest BCUT2D eigenvalue weighted by molar-refractivity contribution is 6.36. The third-order valence-electron chi connectivity index (χ3n) is 2.33. The fraction of sp³-hybridized carbons (Fsp3) is 0.778. The van der Waals surface area contributed by atoms with Gasteiger partial charge in [0.2, 0.25) is 0 Å². The molecule has 76 valence electrons. The van der Waals surface area contributed by atoms with E-state index in [0.29, 0.717) is 5.92 Å². The molecule has 0 aliphatic heterocycles. The van der Waals surface area contributed by atoms with Crippen molar-refractivity contribution in [1.82, 2.24) is 0 Å². The third-order valence-corrected chi connectivity index (χ3v) is 3.47. The highest BCUT2D eigenvalue weighted by Gasteiger charge is 2.13. The minimum absolute atomic E-state index is 0.711. The van der Waals surface area contributed by atoms with E-state index < -0.39 is 9.53 Å². The first-order valence-electron chi connectivity index (χ1n) is 4.74. The van der Waals surface area contributed by atoms with Crippen LogP contribution in [0.3, 0.4) is 0 Å². The quantitative estimate of drug-likeness (QED) is 0.502. The van der Waals surface area contributed by atoms with Crippen LogP contribution in [0, 0.1) is 5.92 Å². The summed E-state index contributed by atoms with van der Waals surface area (Å²) in [6.07, 6.45) is 9.18. The van der Waals surface area contributed by atoms with Gasteiger partial charge in [-0.05, 0) is 24.8 Å². The maximum absolute atomic E-state index is 5.32. The first kappa shape index (κ1) is 10.8. The van der Waals surface area contributed by atoms with Gasteiger partial charge in [0.15, 0.2) is 0 Å². The Morgan fingerprint density at radius 3 is 2.31 bits per heavy atom. The van der Waals surface area contributed by atoms with E-state index in [9.17, 15) is 0 Å². The Hall–Kier alpha value is -0.323. The average Bonchev–Trinajstić information content (AvgIpc) is 2.65. The topological polar surface area (TPSA) is 27.7 Å². The molecule has 1 saturated carbocycles. The van der Waals surface area contributed by atoms with Gasteiger partial charge in [0.25, 0.3) is 0 Å². The number of rotatable bonds is 5. The molecular weight excluding hydrogens is 184 g/mol. The molecule has 13 heavy (non-hydrogen) atoms. The lowest BCUT2D eigenvalue weighted by molar-refractivity contribution is 0.181. The molecule has 0 unspecified atom stereocenters. The van der Waals surface area contributed by atoms with Gasteiger partial charge in [-0.25, -0.2) is 0 Å². The van der Waals surface area contributed by atoms with Crippen molar-refractivity contribution in [3.05, 3.63) is 12.3 Å². The second-order valence-corrected chi connectivity index (χ2v) is 5.06. The highest BCUT2D eigenvalue weighted by atomic mass is 28.3. The van der Waals surface area contributed by atoms with Crippen LogP contribution in [0.2, 0.25) is 0 Å². The number of hydrogen-bond acceptors (Lipinski definition) is 3.